The van der Waals surface area contributed by atoms with Crippen molar-refractivity contribution in [1.29, 1.82) is 0 Å². The molecule has 2 fully saturated rings. The van der Waals surface area contributed by atoms with Gasteiger partial charge in [0.2, 0.25) is 29.6 Å². The maximum absolute atomic E-state index is 14.2. The van der Waals surface area contributed by atoms with Crippen molar-refractivity contribution < 1.29 is 37.4 Å². The fourth-order valence-electron chi connectivity index (χ4n) is 9.84. The molecule has 77 heavy (non-hydrogen) atoms. The number of rotatable bonds is 20. The summed E-state index contributed by atoms with van der Waals surface area (Å²) in [5.74, 6) is 0.138. The van der Waals surface area contributed by atoms with E-state index < -0.39 is 44.6 Å². The largest absolute Gasteiger partial charge is 0.489 e. The first kappa shape index (κ1) is 58.5. The van der Waals surface area contributed by atoms with Gasteiger partial charge in [0.15, 0.2) is 15.7 Å². The van der Waals surface area contributed by atoms with Crippen LogP contribution in [0.4, 0.5) is 23.1 Å². The first-order chi connectivity index (χ1) is 36.4. The molecule has 0 saturated carbocycles. The summed E-state index contributed by atoms with van der Waals surface area (Å²) in [5.41, 5.74) is 7.13. The lowest BCUT2D eigenvalue weighted by molar-refractivity contribution is -0.144. The van der Waals surface area contributed by atoms with Crippen molar-refractivity contribution in [3.05, 3.63) is 99.8 Å². The number of aliphatic hydroxyl groups excluding tert-OH is 1. The highest BCUT2D eigenvalue weighted by Gasteiger charge is 2.45. The van der Waals surface area contributed by atoms with Gasteiger partial charge in [-0.15, -0.1) is 11.3 Å². The maximum atomic E-state index is 14.2. The third-order valence-electron chi connectivity index (χ3n) is 14.2. The third-order valence-corrected chi connectivity index (χ3v) is 17.6. The van der Waals surface area contributed by atoms with Gasteiger partial charge in [0.05, 0.1) is 62.0 Å². The number of carbonyl (C=O) groups excluding carboxylic acids is 4. The first-order valence-corrected chi connectivity index (χ1v) is 29.3. The molecule has 17 nitrogen and oxygen atoms in total. The van der Waals surface area contributed by atoms with Crippen molar-refractivity contribution >= 4 is 79.5 Å². The lowest BCUT2D eigenvalue weighted by Gasteiger charge is -2.35. The Morgan fingerprint density at radius 2 is 1.58 bits per heavy atom. The van der Waals surface area contributed by atoms with Gasteiger partial charge >= 0.3 is 0 Å². The van der Waals surface area contributed by atoms with Gasteiger partial charge < -0.3 is 40.9 Å². The Morgan fingerprint density at radius 1 is 0.896 bits per heavy atom. The quantitative estimate of drug-likeness (QED) is 0.0458. The number of nitrogens with zero attached hydrogens (tertiary/aromatic N) is 5. The van der Waals surface area contributed by atoms with Crippen LogP contribution in [0.3, 0.4) is 0 Å². The predicted molar refractivity (Wildman–Crippen MR) is 303 cm³/mol. The number of likely N-dealkylation sites (tertiary alicyclic amines) is 2. The van der Waals surface area contributed by atoms with Gasteiger partial charge in [-0.25, -0.2) is 18.4 Å². The molecule has 0 aliphatic carbocycles. The van der Waals surface area contributed by atoms with E-state index in [1.165, 1.54) is 11.1 Å². The maximum Gasteiger partial charge on any atom is 0.246 e. The molecule has 0 spiro atoms. The molecule has 2 saturated heterocycles. The first-order valence-electron chi connectivity index (χ1n) is 26.5. The van der Waals surface area contributed by atoms with Crippen LogP contribution in [0.5, 0.6) is 5.75 Å². The second-order valence-electron chi connectivity index (χ2n) is 21.8. The molecular formula is C57H74ClN9O8S2. The number of hydrogen-bond acceptors (Lipinski definition) is 14. The number of para-hydroxylation sites is 1. The molecule has 2 aliphatic heterocycles. The summed E-state index contributed by atoms with van der Waals surface area (Å²) >= 11 is 8.10. The van der Waals surface area contributed by atoms with E-state index in [0.29, 0.717) is 43.1 Å². The van der Waals surface area contributed by atoms with Crippen molar-refractivity contribution in [2.45, 2.75) is 161 Å². The Morgan fingerprint density at radius 3 is 2.23 bits per heavy atom. The Balaban J connectivity index is 0.896. The van der Waals surface area contributed by atoms with Crippen LogP contribution in [0.15, 0.2) is 77.3 Å². The second-order valence-corrected chi connectivity index (χ2v) is 25.6. The Hall–Kier alpha value is -6.15. The molecule has 2 aromatic heterocycles. The zero-order valence-corrected chi connectivity index (χ0v) is 48.2. The Labute approximate surface area is 462 Å². The van der Waals surface area contributed by atoms with Gasteiger partial charge in [0.1, 0.15) is 22.9 Å². The molecule has 7 rings (SSSR count). The molecular weight excluding hydrogens is 1040 g/mol. The van der Waals surface area contributed by atoms with Crippen LogP contribution in [-0.2, 0) is 29.0 Å². The van der Waals surface area contributed by atoms with Crippen molar-refractivity contribution in [3.63, 3.8) is 0 Å². The highest BCUT2D eigenvalue weighted by Crippen LogP contribution is 2.39. The van der Waals surface area contributed by atoms with Crippen molar-refractivity contribution in [2.75, 3.05) is 30.3 Å². The van der Waals surface area contributed by atoms with E-state index in [0.717, 1.165) is 45.7 Å². The number of aromatic nitrogens is 3. The number of sulfone groups is 1. The number of unbranched alkanes of at least 4 members (excludes halogenated alkanes) is 1. The van der Waals surface area contributed by atoms with E-state index in [1.807, 2.05) is 102 Å². The van der Waals surface area contributed by atoms with Crippen LogP contribution in [0.25, 0.3) is 10.4 Å². The van der Waals surface area contributed by atoms with E-state index in [4.69, 9.17) is 16.3 Å². The number of piperidine rings is 1. The smallest absolute Gasteiger partial charge is 0.246 e. The molecule has 1 unspecified atom stereocenters. The van der Waals surface area contributed by atoms with E-state index in [9.17, 15) is 32.7 Å². The summed E-state index contributed by atoms with van der Waals surface area (Å²) in [6, 6.07) is 16.4. The Bertz CT molecular complexity index is 3030. The fraction of sp³-hybridized carbons (Fsp3) is 0.491. The molecule has 4 amide bonds. The summed E-state index contributed by atoms with van der Waals surface area (Å²) in [6.07, 6.45) is 3.35. The molecule has 4 atom stereocenters. The van der Waals surface area contributed by atoms with Gasteiger partial charge in [-0.3, -0.25) is 19.2 Å². The number of ether oxygens (including phenoxy) is 1. The van der Waals surface area contributed by atoms with Crippen LogP contribution in [0.1, 0.15) is 135 Å². The highest BCUT2D eigenvalue weighted by molar-refractivity contribution is 7.92. The Kier molecular flexibility index (Phi) is 19.1. The summed E-state index contributed by atoms with van der Waals surface area (Å²) in [5, 5.41) is 22.7. The number of anilines is 4. The number of carbonyl (C=O) groups is 4. The lowest BCUT2D eigenvalue weighted by Crippen LogP contribution is -2.57. The van der Waals surface area contributed by atoms with Crippen LogP contribution < -0.4 is 26.0 Å². The molecule has 3 aromatic carbocycles. The average molecular weight is 1110 g/mol. The summed E-state index contributed by atoms with van der Waals surface area (Å²) in [6.45, 7) is 19.7. The summed E-state index contributed by atoms with van der Waals surface area (Å²) in [7, 11) is -3.61. The lowest BCUT2D eigenvalue weighted by atomic mass is 9.85. The molecule has 5 aromatic rings. The summed E-state index contributed by atoms with van der Waals surface area (Å²) < 4.78 is 32.6. The van der Waals surface area contributed by atoms with Crippen molar-refractivity contribution in [2.24, 2.45) is 5.41 Å². The number of hydrogen-bond donors (Lipinski definition) is 5. The van der Waals surface area contributed by atoms with E-state index in [1.54, 1.807) is 49.4 Å². The van der Waals surface area contributed by atoms with Crippen LogP contribution in [0.2, 0.25) is 5.02 Å². The molecule has 2 aliphatic rings. The SMILES string of the molecule is Cc1cc(Nc2ncc(Cl)c(Nc3ccccc3S(=O)(=O)C(C)C)n2)c(OC(C)C)cc1C1CCN(C(=O)CCCCC(=O)N[C@H](C(=O)N2C[C@H](O)C[C@H]2C(=O)NC(C)c2ccc(-c3scnc3C)cc2)C(C)(C)C)CC1. The van der Waals surface area contributed by atoms with E-state index in [2.05, 4.69) is 36.2 Å². The van der Waals surface area contributed by atoms with Crippen LogP contribution in [-0.4, -0.2) is 111 Å². The number of nitrogens with one attached hydrogen (secondary N) is 4. The van der Waals surface area contributed by atoms with Gasteiger partial charge in [0.25, 0.3) is 0 Å². The zero-order valence-electron chi connectivity index (χ0n) is 45.8. The molecule has 0 bridgehead atoms. The highest BCUT2D eigenvalue weighted by atomic mass is 35.5. The molecule has 4 heterocycles. The number of aryl methyl sites for hydroxylation is 2. The number of halogens is 1. The average Bonchev–Trinajstić information content (AvgIpc) is 4.01. The number of amides is 4. The van der Waals surface area contributed by atoms with E-state index in [-0.39, 0.29) is 83.3 Å². The zero-order chi connectivity index (χ0) is 55.9. The van der Waals surface area contributed by atoms with Crippen LogP contribution in [0, 0.1) is 19.3 Å². The fourth-order valence-corrected chi connectivity index (χ4v) is 12.0. The van der Waals surface area contributed by atoms with Gasteiger partial charge in [0, 0.05) is 38.9 Å². The van der Waals surface area contributed by atoms with Gasteiger partial charge in [-0.2, -0.15) is 4.98 Å². The predicted octanol–water partition coefficient (Wildman–Crippen LogP) is 9.96. The van der Waals surface area contributed by atoms with Crippen molar-refractivity contribution in [1.82, 2.24) is 35.4 Å². The van der Waals surface area contributed by atoms with Gasteiger partial charge in [-0.05, 0) is 132 Å². The number of thiazole rings is 1. The third kappa shape index (κ3) is 14.5. The van der Waals surface area contributed by atoms with Gasteiger partial charge in [-0.1, -0.05) is 68.8 Å². The minimum Gasteiger partial charge on any atom is -0.489 e. The summed E-state index contributed by atoms with van der Waals surface area (Å²) in [4.78, 5) is 72.8. The molecule has 414 valence electrons. The molecule has 20 heteroatoms. The number of aliphatic hydroxyl groups is 1. The molecule has 5 N–H and O–H groups in total. The second kappa shape index (κ2) is 25.1. The minimum atomic E-state index is -3.61. The molecule has 0 radical (unpaired) electrons. The standard InChI is InChI=1S/C57H74ClN9O8S2/c1-33(2)75-47-29-42(35(5)27-45(47)63-56-59-30-43(58)53(65-56)62-44-15-11-12-16-48(44)77(73,74)34(3)4)39-23-25-66(26-24-39)50(70)18-14-13-17-49(69)64-52(57(8,9)10)55(72)67-31-41(68)28-46(67)54(71)61-36(6)38-19-21-40(22-20-38)51-37(7)60-32-76-51/h11-12,15-16,19-22,27,29-30,32-34,36,39,41,46,52,68H,13-14,17-18,23-26,28,31H2,1-10H3,(H,61,71)(H,64,69)(H2,59,62,63,65)/t36?,41-,46+,52-/m1/s1. The monoisotopic (exact) mass is 1110 g/mol. The van der Waals surface area contributed by atoms with E-state index >= 15 is 0 Å². The minimum absolute atomic E-state index is 0.0246. The number of β-amino-alcohol motifs (C(OH)–C–C–N with tert-alkyl or cyclic N) is 1. The topological polar surface area (TPSA) is 225 Å². The van der Waals surface area contributed by atoms with Crippen molar-refractivity contribution in [3.8, 4) is 16.2 Å². The van der Waals surface area contributed by atoms with Crippen LogP contribution >= 0.6 is 22.9 Å². The number of benzene rings is 3. The normalized spacial score (nSPS) is 17.1.